The highest BCUT2D eigenvalue weighted by atomic mass is 35.5. The highest BCUT2D eigenvalue weighted by Gasteiger charge is 2.24. The summed E-state index contributed by atoms with van der Waals surface area (Å²) < 4.78 is 15.4. The number of aromatic amines is 1. The van der Waals surface area contributed by atoms with Crippen LogP contribution in [0.5, 0.6) is 11.5 Å². The Morgan fingerprint density at radius 1 is 1.45 bits per heavy atom. The van der Waals surface area contributed by atoms with Gasteiger partial charge in [-0.05, 0) is 19.1 Å². The summed E-state index contributed by atoms with van der Waals surface area (Å²) in [6, 6.07) is 3.32. The molecule has 1 aliphatic heterocycles. The molecule has 2 heterocycles. The van der Waals surface area contributed by atoms with Crippen molar-refractivity contribution in [3.8, 4) is 22.8 Å². The zero-order valence-electron chi connectivity index (χ0n) is 10.5. The highest BCUT2D eigenvalue weighted by Crippen LogP contribution is 2.42. The van der Waals surface area contributed by atoms with E-state index in [0.29, 0.717) is 27.8 Å². The van der Waals surface area contributed by atoms with E-state index in [1.807, 2.05) is 0 Å². The maximum atomic E-state index is 11.8. The van der Waals surface area contributed by atoms with E-state index < -0.39 is 5.97 Å². The average molecular weight is 296 g/mol. The molecule has 20 heavy (non-hydrogen) atoms. The van der Waals surface area contributed by atoms with Crippen LogP contribution in [-0.2, 0) is 4.74 Å². The molecule has 1 aromatic heterocycles. The first-order valence-corrected chi connectivity index (χ1v) is 6.26. The van der Waals surface area contributed by atoms with Gasteiger partial charge < -0.3 is 14.2 Å². The van der Waals surface area contributed by atoms with Crippen LogP contribution in [0.25, 0.3) is 11.3 Å². The number of fused-ring (bicyclic) bond motifs is 1. The van der Waals surface area contributed by atoms with E-state index >= 15 is 0 Å². The zero-order valence-corrected chi connectivity index (χ0v) is 11.2. The molecule has 0 unspecified atom stereocenters. The largest absolute Gasteiger partial charge is 0.461 e. The SMILES string of the molecule is CCOC(=O)c1n[nH]nc1-c1cc(Cl)c2c(c1)OCO2. The molecule has 8 heteroatoms. The van der Waals surface area contributed by atoms with Crippen LogP contribution in [0.3, 0.4) is 0 Å². The molecule has 7 nitrogen and oxygen atoms in total. The fourth-order valence-corrected chi connectivity index (χ4v) is 2.14. The van der Waals surface area contributed by atoms with E-state index in [4.69, 9.17) is 25.8 Å². The normalized spacial score (nSPS) is 12.5. The lowest BCUT2D eigenvalue weighted by molar-refractivity contribution is 0.0520. The Morgan fingerprint density at radius 2 is 2.30 bits per heavy atom. The summed E-state index contributed by atoms with van der Waals surface area (Å²) in [6.07, 6.45) is 0. The molecule has 0 radical (unpaired) electrons. The van der Waals surface area contributed by atoms with Gasteiger partial charge in [0, 0.05) is 5.56 Å². The van der Waals surface area contributed by atoms with Gasteiger partial charge in [0.25, 0.3) is 0 Å². The lowest BCUT2D eigenvalue weighted by Gasteiger charge is -2.04. The van der Waals surface area contributed by atoms with E-state index in [1.165, 1.54) is 0 Å². The summed E-state index contributed by atoms with van der Waals surface area (Å²) in [7, 11) is 0. The molecule has 0 saturated carbocycles. The maximum absolute atomic E-state index is 11.8. The summed E-state index contributed by atoms with van der Waals surface area (Å²) in [5, 5.41) is 10.6. The number of H-pyrrole nitrogens is 1. The number of hydrogen-bond donors (Lipinski definition) is 1. The molecule has 0 saturated heterocycles. The summed E-state index contributed by atoms with van der Waals surface area (Å²) in [5.74, 6) is 0.437. The minimum Gasteiger partial charge on any atom is -0.461 e. The molecule has 3 rings (SSSR count). The Labute approximate surface area is 118 Å². The van der Waals surface area contributed by atoms with Crippen LogP contribution < -0.4 is 9.47 Å². The third-order valence-electron chi connectivity index (χ3n) is 2.72. The quantitative estimate of drug-likeness (QED) is 0.872. The smallest absolute Gasteiger partial charge is 0.361 e. The molecule has 1 N–H and O–H groups in total. The fourth-order valence-electron chi connectivity index (χ4n) is 1.88. The number of benzene rings is 1. The van der Waals surface area contributed by atoms with Crippen molar-refractivity contribution < 1.29 is 19.0 Å². The Balaban J connectivity index is 2.04. The number of carbonyl (C=O) groups excluding carboxylic acids is 1. The number of hydrogen-bond acceptors (Lipinski definition) is 6. The van der Waals surface area contributed by atoms with E-state index in [1.54, 1.807) is 19.1 Å². The lowest BCUT2D eigenvalue weighted by Crippen LogP contribution is -2.06. The van der Waals surface area contributed by atoms with Gasteiger partial charge in [-0.15, -0.1) is 5.10 Å². The van der Waals surface area contributed by atoms with Gasteiger partial charge in [-0.25, -0.2) is 4.79 Å². The number of rotatable bonds is 3. The number of nitrogens with zero attached hydrogens (tertiary/aromatic N) is 2. The third-order valence-corrected chi connectivity index (χ3v) is 3.00. The molecular formula is C12H10ClN3O4. The number of halogens is 1. The van der Waals surface area contributed by atoms with Gasteiger partial charge in [-0.3, -0.25) is 0 Å². The first-order valence-electron chi connectivity index (χ1n) is 5.88. The second kappa shape index (κ2) is 5.01. The van der Waals surface area contributed by atoms with Crippen LogP contribution >= 0.6 is 11.6 Å². The molecule has 0 bridgehead atoms. The molecule has 0 spiro atoms. The molecule has 0 atom stereocenters. The van der Waals surface area contributed by atoms with Gasteiger partial charge in [0.1, 0.15) is 5.69 Å². The van der Waals surface area contributed by atoms with Crippen molar-refractivity contribution >= 4 is 17.6 Å². The van der Waals surface area contributed by atoms with Crippen LogP contribution in [-0.4, -0.2) is 34.8 Å². The topological polar surface area (TPSA) is 86.3 Å². The van der Waals surface area contributed by atoms with E-state index in [0.717, 1.165) is 0 Å². The second-order valence-corrected chi connectivity index (χ2v) is 4.34. The number of esters is 1. The van der Waals surface area contributed by atoms with Crippen LogP contribution in [0.2, 0.25) is 5.02 Å². The van der Waals surface area contributed by atoms with Gasteiger partial charge in [0.15, 0.2) is 17.2 Å². The van der Waals surface area contributed by atoms with Crippen molar-refractivity contribution in [2.24, 2.45) is 0 Å². The average Bonchev–Trinajstić information content (AvgIpc) is 3.07. The Bertz CT molecular complexity index is 671. The van der Waals surface area contributed by atoms with Gasteiger partial charge in [0.05, 0.1) is 11.6 Å². The molecule has 0 amide bonds. The fraction of sp³-hybridized carbons (Fsp3) is 0.250. The number of ether oxygens (including phenoxy) is 3. The number of carbonyl (C=O) groups is 1. The minimum absolute atomic E-state index is 0.0989. The molecular weight excluding hydrogens is 286 g/mol. The zero-order chi connectivity index (χ0) is 14.1. The first kappa shape index (κ1) is 12.7. The van der Waals surface area contributed by atoms with Crippen molar-refractivity contribution in [2.45, 2.75) is 6.92 Å². The molecule has 104 valence electrons. The predicted octanol–water partition coefficient (Wildman–Crippen LogP) is 2.03. The van der Waals surface area contributed by atoms with Crippen molar-refractivity contribution in [3.05, 3.63) is 22.8 Å². The number of aromatic nitrogens is 3. The Hall–Kier alpha value is -2.28. The second-order valence-electron chi connectivity index (χ2n) is 3.93. The predicted molar refractivity (Wildman–Crippen MR) is 68.9 cm³/mol. The van der Waals surface area contributed by atoms with Gasteiger partial charge in [-0.1, -0.05) is 11.6 Å². The van der Waals surface area contributed by atoms with Crippen LogP contribution in [0.15, 0.2) is 12.1 Å². The molecule has 2 aromatic rings. The van der Waals surface area contributed by atoms with Gasteiger partial charge >= 0.3 is 5.97 Å². The standard InChI is InChI=1S/C12H10ClN3O4/c1-2-18-12(17)10-9(14-16-15-10)6-3-7(13)11-8(4-6)19-5-20-11/h3-4H,2,5H2,1H3,(H,14,15,16). The van der Waals surface area contributed by atoms with Crippen LogP contribution in [0.4, 0.5) is 0 Å². The summed E-state index contributed by atoms with van der Waals surface area (Å²) in [5.41, 5.74) is 1.04. The van der Waals surface area contributed by atoms with E-state index in [-0.39, 0.29) is 19.1 Å². The lowest BCUT2D eigenvalue weighted by atomic mass is 10.1. The summed E-state index contributed by atoms with van der Waals surface area (Å²) in [4.78, 5) is 11.8. The third kappa shape index (κ3) is 2.05. The van der Waals surface area contributed by atoms with Gasteiger partial charge in [-0.2, -0.15) is 10.3 Å². The number of nitrogens with one attached hydrogen (secondary N) is 1. The first-order chi connectivity index (χ1) is 9.70. The Kier molecular flexibility index (Phi) is 3.19. The highest BCUT2D eigenvalue weighted by molar-refractivity contribution is 6.32. The molecule has 1 aliphatic rings. The Morgan fingerprint density at radius 3 is 3.10 bits per heavy atom. The van der Waals surface area contributed by atoms with E-state index in [9.17, 15) is 4.79 Å². The maximum Gasteiger partial charge on any atom is 0.361 e. The van der Waals surface area contributed by atoms with Crippen LogP contribution in [0.1, 0.15) is 17.4 Å². The monoisotopic (exact) mass is 295 g/mol. The van der Waals surface area contributed by atoms with Crippen molar-refractivity contribution in [1.29, 1.82) is 0 Å². The summed E-state index contributed by atoms with van der Waals surface area (Å²) in [6.45, 7) is 2.09. The van der Waals surface area contributed by atoms with E-state index in [2.05, 4.69) is 15.4 Å². The van der Waals surface area contributed by atoms with Crippen molar-refractivity contribution in [2.75, 3.05) is 13.4 Å². The van der Waals surface area contributed by atoms with Crippen LogP contribution in [0, 0.1) is 0 Å². The molecule has 0 aliphatic carbocycles. The minimum atomic E-state index is -0.551. The van der Waals surface area contributed by atoms with Gasteiger partial charge in [0.2, 0.25) is 6.79 Å². The van der Waals surface area contributed by atoms with Crippen molar-refractivity contribution in [3.63, 3.8) is 0 Å². The molecule has 0 fully saturated rings. The summed E-state index contributed by atoms with van der Waals surface area (Å²) >= 11 is 6.11. The van der Waals surface area contributed by atoms with Crippen molar-refractivity contribution in [1.82, 2.24) is 15.4 Å². The molecule has 1 aromatic carbocycles.